The monoisotopic (exact) mass is 599 g/mol. The molecule has 13 heteroatoms. The minimum Gasteiger partial charge on any atom is -0.488 e. The zero-order valence-corrected chi connectivity index (χ0v) is 25.1. The smallest absolute Gasteiger partial charge is 0.323 e. The van der Waals surface area contributed by atoms with E-state index in [0.29, 0.717) is 34.1 Å². The topological polar surface area (TPSA) is 154 Å². The van der Waals surface area contributed by atoms with Gasteiger partial charge in [-0.05, 0) is 51.1 Å². The Kier molecular flexibility index (Phi) is 9.54. The van der Waals surface area contributed by atoms with E-state index in [1.807, 2.05) is 6.92 Å². The van der Waals surface area contributed by atoms with Gasteiger partial charge in [0.25, 0.3) is 0 Å². The van der Waals surface area contributed by atoms with Gasteiger partial charge in [-0.1, -0.05) is 30.3 Å². The maximum Gasteiger partial charge on any atom is 0.323 e. The van der Waals surface area contributed by atoms with Gasteiger partial charge in [0.15, 0.2) is 5.76 Å². The largest absolute Gasteiger partial charge is 0.488 e. The molecular weight excluding hydrogens is 562 g/mol. The summed E-state index contributed by atoms with van der Waals surface area (Å²) in [5.74, 6) is 0.354. The number of carbonyl (C=O) groups excluding carboxylic acids is 2. The molecule has 3 amide bonds. The Labute approximate surface area is 245 Å². The number of aliphatic hydroxyl groups is 1. The van der Waals surface area contributed by atoms with E-state index in [4.69, 9.17) is 9.26 Å². The van der Waals surface area contributed by atoms with Crippen molar-refractivity contribution in [1.29, 1.82) is 0 Å². The molecule has 12 nitrogen and oxygen atoms in total. The summed E-state index contributed by atoms with van der Waals surface area (Å²) in [6.07, 6.45) is -0.675. The van der Waals surface area contributed by atoms with Crippen LogP contribution in [0.15, 0.2) is 57.9 Å². The average Bonchev–Trinajstić information content (AvgIpc) is 3.29. The van der Waals surface area contributed by atoms with Gasteiger partial charge in [0.1, 0.15) is 23.2 Å². The maximum atomic E-state index is 13.5. The predicted octanol–water partition coefficient (Wildman–Crippen LogP) is 3.41. The highest BCUT2D eigenvalue weighted by atomic mass is 32.2. The van der Waals surface area contributed by atoms with E-state index in [1.165, 1.54) is 23.5 Å². The number of benzene rings is 2. The highest BCUT2D eigenvalue weighted by Gasteiger charge is 2.33. The number of nitrogens with zero attached hydrogens (tertiary/aromatic N) is 3. The molecular formula is C29H37N5O7S. The molecule has 1 aromatic heterocycles. The second-order valence-electron chi connectivity index (χ2n) is 10.6. The fourth-order valence-corrected chi connectivity index (χ4v) is 5.99. The van der Waals surface area contributed by atoms with Crippen LogP contribution >= 0.6 is 0 Å². The summed E-state index contributed by atoms with van der Waals surface area (Å²) in [5, 5.41) is 19.2. The third kappa shape index (κ3) is 6.92. The van der Waals surface area contributed by atoms with Crippen LogP contribution in [0.2, 0.25) is 0 Å². The maximum absolute atomic E-state index is 13.5. The van der Waals surface area contributed by atoms with Gasteiger partial charge in [-0.2, -0.15) is 4.31 Å². The second-order valence-corrected chi connectivity index (χ2v) is 12.6. The van der Waals surface area contributed by atoms with Gasteiger partial charge in [-0.15, -0.1) is 0 Å². The lowest BCUT2D eigenvalue weighted by Gasteiger charge is -2.33. The predicted molar refractivity (Wildman–Crippen MR) is 157 cm³/mol. The molecule has 2 heterocycles. The van der Waals surface area contributed by atoms with Crippen LogP contribution in [0.3, 0.4) is 0 Å². The van der Waals surface area contributed by atoms with Crippen molar-refractivity contribution in [3.8, 4) is 5.75 Å². The van der Waals surface area contributed by atoms with Crippen LogP contribution in [0.4, 0.5) is 16.2 Å². The molecule has 3 aromatic rings. The first-order chi connectivity index (χ1) is 19.9. The first-order valence-electron chi connectivity index (χ1n) is 13.6. The summed E-state index contributed by atoms with van der Waals surface area (Å²) in [6, 6.07) is 12.1. The SMILES string of the molecule is Cc1noc(C)c1NC(=O)Nc1ccc2c(c1)CC(=O)N([C@H](C)CO)C[C@H](C)[C@H](CN(C)S(=O)(=O)c1ccccc1)O2. The fraction of sp³-hybridized carbons (Fsp3) is 0.414. The van der Waals surface area contributed by atoms with Crippen LogP contribution in [0, 0.1) is 19.8 Å². The fourth-order valence-electron chi connectivity index (χ4n) is 4.79. The van der Waals surface area contributed by atoms with Gasteiger partial charge in [0.05, 0.1) is 30.5 Å². The van der Waals surface area contributed by atoms with Gasteiger partial charge in [-0.25, -0.2) is 13.2 Å². The third-order valence-corrected chi connectivity index (χ3v) is 9.17. The van der Waals surface area contributed by atoms with Crippen LogP contribution in [0.1, 0.15) is 30.9 Å². The van der Waals surface area contributed by atoms with E-state index >= 15 is 0 Å². The highest BCUT2D eigenvalue weighted by Crippen LogP contribution is 2.30. The van der Waals surface area contributed by atoms with Gasteiger partial charge in [-0.3, -0.25) is 4.79 Å². The number of nitrogens with one attached hydrogen (secondary N) is 2. The number of sulfonamides is 1. The van der Waals surface area contributed by atoms with E-state index in [0.717, 1.165) is 0 Å². The number of urea groups is 1. The Bertz CT molecular complexity index is 1510. The van der Waals surface area contributed by atoms with Crippen molar-refractivity contribution in [1.82, 2.24) is 14.4 Å². The quantitative estimate of drug-likeness (QED) is 0.356. The van der Waals surface area contributed by atoms with Crippen LogP contribution < -0.4 is 15.4 Å². The number of likely N-dealkylation sites (N-methyl/N-ethyl adjacent to an activating group) is 1. The van der Waals surface area contributed by atoms with Gasteiger partial charge < -0.3 is 29.9 Å². The summed E-state index contributed by atoms with van der Waals surface area (Å²) < 4.78 is 39.3. The number of amides is 3. The number of hydrogen-bond acceptors (Lipinski definition) is 8. The molecule has 42 heavy (non-hydrogen) atoms. The summed E-state index contributed by atoms with van der Waals surface area (Å²) in [4.78, 5) is 27.9. The van der Waals surface area contributed by atoms with E-state index in [2.05, 4.69) is 15.8 Å². The molecule has 0 fully saturated rings. The number of aliphatic hydroxyl groups excluding tert-OH is 1. The first-order valence-corrected chi connectivity index (χ1v) is 15.1. The van der Waals surface area contributed by atoms with Crippen molar-refractivity contribution in [3.05, 3.63) is 65.5 Å². The number of hydrogen-bond donors (Lipinski definition) is 3. The van der Waals surface area contributed by atoms with Crippen LogP contribution in [-0.4, -0.2) is 78.7 Å². The average molecular weight is 600 g/mol. The second kappa shape index (κ2) is 12.9. The minimum absolute atomic E-state index is 0.0210. The molecule has 226 valence electrons. The first kappa shape index (κ1) is 31.0. The number of aromatic nitrogens is 1. The molecule has 0 spiro atoms. The molecule has 0 unspecified atom stereocenters. The number of carbonyl (C=O) groups is 2. The molecule has 2 aromatic carbocycles. The summed E-state index contributed by atoms with van der Waals surface area (Å²) in [5.41, 5.74) is 1.93. The van der Waals surface area contributed by atoms with Crippen molar-refractivity contribution in [2.45, 2.75) is 51.2 Å². The van der Waals surface area contributed by atoms with Gasteiger partial charge in [0, 0.05) is 30.8 Å². The highest BCUT2D eigenvalue weighted by molar-refractivity contribution is 7.89. The van der Waals surface area contributed by atoms with Crippen LogP contribution in [-0.2, 0) is 21.2 Å². The molecule has 4 rings (SSSR count). The summed E-state index contributed by atoms with van der Waals surface area (Å²) >= 11 is 0. The third-order valence-electron chi connectivity index (χ3n) is 7.33. The normalized spacial score (nSPS) is 18.4. The van der Waals surface area contributed by atoms with E-state index in [9.17, 15) is 23.1 Å². The van der Waals surface area contributed by atoms with Crippen molar-refractivity contribution in [2.75, 3.05) is 37.4 Å². The van der Waals surface area contributed by atoms with E-state index < -0.39 is 28.2 Å². The zero-order chi connectivity index (χ0) is 30.6. The lowest BCUT2D eigenvalue weighted by Crippen LogP contribution is -2.48. The Hall–Kier alpha value is -3.94. The summed E-state index contributed by atoms with van der Waals surface area (Å²) in [6.45, 7) is 7.08. The summed E-state index contributed by atoms with van der Waals surface area (Å²) in [7, 11) is -2.30. The Morgan fingerprint density at radius 3 is 2.55 bits per heavy atom. The lowest BCUT2D eigenvalue weighted by molar-refractivity contribution is -0.134. The molecule has 3 N–H and O–H groups in total. The minimum atomic E-state index is -3.80. The number of rotatable bonds is 8. The van der Waals surface area contributed by atoms with Gasteiger partial charge in [0.2, 0.25) is 15.9 Å². The van der Waals surface area contributed by atoms with E-state index in [1.54, 1.807) is 62.1 Å². The molecule has 3 atom stereocenters. The number of ether oxygens (including phenoxy) is 1. The van der Waals surface area contributed by atoms with E-state index in [-0.39, 0.29) is 42.8 Å². The Morgan fingerprint density at radius 2 is 1.90 bits per heavy atom. The Balaban J connectivity index is 1.62. The molecule has 0 saturated carbocycles. The number of anilines is 2. The molecule has 0 aliphatic carbocycles. The lowest BCUT2D eigenvalue weighted by atomic mass is 10.0. The molecule has 0 bridgehead atoms. The van der Waals surface area contributed by atoms with Crippen molar-refractivity contribution in [2.24, 2.45) is 5.92 Å². The Morgan fingerprint density at radius 1 is 1.19 bits per heavy atom. The standard InChI is InChI=1S/C29H37N5O7S/c1-18-15-34(19(2)17-35)27(36)14-22-13-23(30-29(37)31-28-20(3)32-41-21(28)4)11-12-25(22)40-26(18)16-33(5)42(38,39)24-9-7-6-8-10-24/h6-13,18-19,26,35H,14-17H2,1-5H3,(H2,30,31,37)/t18-,19+,26-/m0/s1. The van der Waals surface area contributed by atoms with Crippen molar-refractivity contribution >= 4 is 33.3 Å². The molecule has 1 aliphatic heterocycles. The van der Waals surface area contributed by atoms with Gasteiger partial charge >= 0.3 is 6.03 Å². The molecule has 0 saturated heterocycles. The van der Waals surface area contributed by atoms with Crippen LogP contribution in [0.5, 0.6) is 5.75 Å². The van der Waals surface area contributed by atoms with Crippen molar-refractivity contribution in [3.63, 3.8) is 0 Å². The molecule has 1 aliphatic rings. The van der Waals surface area contributed by atoms with Crippen LogP contribution in [0.25, 0.3) is 0 Å². The number of fused-ring (bicyclic) bond motifs is 1. The number of aryl methyl sites for hydroxylation is 2. The zero-order valence-electron chi connectivity index (χ0n) is 24.3. The van der Waals surface area contributed by atoms with Crippen molar-refractivity contribution < 1.29 is 32.4 Å². The molecule has 0 radical (unpaired) electrons.